The predicted molar refractivity (Wildman–Crippen MR) is 150 cm³/mol. The molecule has 1 N–H and O–H groups in total. The van der Waals surface area contributed by atoms with Crippen LogP contribution in [0.25, 0.3) is 0 Å². The van der Waals surface area contributed by atoms with E-state index in [2.05, 4.69) is 5.32 Å². The number of hydrogen-bond acceptors (Lipinski definition) is 4. The Morgan fingerprint density at radius 1 is 1.00 bits per heavy atom. The molecule has 1 aliphatic carbocycles. The summed E-state index contributed by atoms with van der Waals surface area (Å²) in [6, 6.07) is 8.99. The fraction of sp³-hybridized carbons (Fsp3) is 0.462. The minimum atomic E-state index is -3.87. The topological polar surface area (TPSA) is 86.8 Å². The lowest BCUT2D eigenvalue weighted by atomic mass is 9.95. The minimum Gasteiger partial charge on any atom is -0.352 e. The predicted octanol–water partition coefficient (Wildman–Crippen LogP) is 5.59. The van der Waals surface area contributed by atoms with E-state index < -0.39 is 28.5 Å². The molecule has 3 rings (SSSR count). The summed E-state index contributed by atoms with van der Waals surface area (Å²) in [7, 11) is -3.87. The molecule has 11 heteroatoms. The first-order chi connectivity index (χ1) is 17.4. The first-order valence-corrected chi connectivity index (χ1v) is 15.1. The van der Waals surface area contributed by atoms with E-state index >= 15 is 0 Å². The third-order valence-corrected chi connectivity index (χ3v) is 8.94. The Labute approximate surface area is 234 Å². The molecule has 2 amide bonds. The fourth-order valence-electron chi connectivity index (χ4n) is 4.47. The van der Waals surface area contributed by atoms with Crippen molar-refractivity contribution in [2.75, 3.05) is 17.1 Å². The Morgan fingerprint density at radius 3 is 2.16 bits per heavy atom. The van der Waals surface area contributed by atoms with Crippen LogP contribution in [-0.2, 0) is 26.2 Å². The van der Waals surface area contributed by atoms with E-state index in [4.69, 9.17) is 34.8 Å². The average molecular weight is 589 g/mol. The highest BCUT2D eigenvalue weighted by molar-refractivity contribution is 7.92. The molecule has 0 heterocycles. The first kappa shape index (κ1) is 29.6. The van der Waals surface area contributed by atoms with E-state index in [-0.39, 0.29) is 18.5 Å². The van der Waals surface area contributed by atoms with E-state index in [0.717, 1.165) is 42.7 Å². The lowest BCUT2D eigenvalue weighted by molar-refractivity contribution is -0.139. The number of amides is 2. The van der Waals surface area contributed by atoms with Gasteiger partial charge in [0.1, 0.15) is 12.6 Å². The van der Waals surface area contributed by atoms with Gasteiger partial charge in [-0.15, -0.1) is 0 Å². The Kier molecular flexibility index (Phi) is 10.1. The second kappa shape index (κ2) is 12.7. The molecule has 37 heavy (non-hydrogen) atoms. The van der Waals surface area contributed by atoms with Gasteiger partial charge in [-0.05, 0) is 56.5 Å². The number of sulfonamides is 1. The summed E-state index contributed by atoms with van der Waals surface area (Å²) in [6.45, 7) is 2.71. The maximum absolute atomic E-state index is 13.8. The van der Waals surface area contributed by atoms with Crippen LogP contribution in [0, 0.1) is 6.92 Å². The molecular weight excluding hydrogens is 557 g/mol. The van der Waals surface area contributed by atoms with Crippen molar-refractivity contribution >= 4 is 62.3 Å². The van der Waals surface area contributed by atoms with Gasteiger partial charge in [0.2, 0.25) is 21.8 Å². The number of carbonyl (C=O) groups is 2. The SMILES string of the molecule is Cc1c(Cl)cccc1N(CC(=O)N(Cc1c(Cl)cccc1Cl)[C@H](C)C(=O)NC1CCCCC1)S(C)(=O)=O. The van der Waals surface area contributed by atoms with Gasteiger partial charge in [-0.25, -0.2) is 8.42 Å². The van der Waals surface area contributed by atoms with Crippen molar-refractivity contribution in [2.45, 2.75) is 64.6 Å². The van der Waals surface area contributed by atoms with Crippen molar-refractivity contribution in [1.82, 2.24) is 10.2 Å². The van der Waals surface area contributed by atoms with Crippen molar-refractivity contribution in [3.05, 3.63) is 62.6 Å². The van der Waals surface area contributed by atoms with E-state index in [0.29, 0.717) is 31.9 Å². The maximum atomic E-state index is 13.8. The summed E-state index contributed by atoms with van der Waals surface area (Å²) in [5.74, 6) is -0.889. The molecule has 1 saturated carbocycles. The number of halogens is 3. The lowest BCUT2D eigenvalue weighted by Gasteiger charge is -2.33. The van der Waals surface area contributed by atoms with Gasteiger partial charge in [-0.3, -0.25) is 13.9 Å². The minimum absolute atomic E-state index is 0.0474. The Morgan fingerprint density at radius 2 is 1.57 bits per heavy atom. The van der Waals surface area contributed by atoms with Crippen LogP contribution in [0.5, 0.6) is 0 Å². The third-order valence-electron chi connectivity index (χ3n) is 6.70. The number of rotatable bonds is 9. The van der Waals surface area contributed by atoms with Crippen molar-refractivity contribution in [2.24, 2.45) is 0 Å². The highest BCUT2D eigenvalue weighted by atomic mass is 35.5. The van der Waals surface area contributed by atoms with Gasteiger partial charge in [0.15, 0.2) is 0 Å². The van der Waals surface area contributed by atoms with Crippen LogP contribution < -0.4 is 9.62 Å². The van der Waals surface area contributed by atoms with E-state index in [9.17, 15) is 18.0 Å². The zero-order chi connectivity index (χ0) is 27.3. The second-order valence-electron chi connectivity index (χ2n) is 9.39. The molecule has 7 nitrogen and oxygen atoms in total. The van der Waals surface area contributed by atoms with Crippen LogP contribution in [-0.4, -0.2) is 50.0 Å². The number of nitrogens with zero attached hydrogens (tertiary/aromatic N) is 2. The third kappa shape index (κ3) is 7.53. The van der Waals surface area contributed by atoms with Crippen LogP contribution in [0.2, 0.25) is 15.1 Å². The Bertz CT molecular complexity index is 1230. The molecule has 202 valence electrons. The van der Waals surface area contributed by atoms with Gasteiger partial charge in [0.25, 0.3) is 0 Å². The Hall–Kier alpha value is -2.00. The normalized spacial score (nSPS) is 15.2. The van der Waals surface area contributed by atoms with Crippen molar-refractivity contribution in [3.8, 4) is 0 Å². The summed E-state index contributed by atoms with van der Waals surface area (Å²) in [5.41, 5.74) is 1.28. The highest BCUT2D eigenvalue weighted by Gasteiger charge is 2.32. The van der Waals surface area contributed by atoms with E-state index in [1.54, 1.807) is 50.2 Å². The van der Waals surface area contributed by atoms with Crippen molar-refractivity contribution in [3.63, 3.8) is 0 Å². The van der Waals surface area contributed by atoms with Crippen molar-refractivity contribution < 1.29 is 18.0 Å². The molecule has 0 aromatic heterocycles. The standard InChI is InChI=1S/C26H32Cl3N3O4S/c1-17-21(27)11-8-14-24(17)32(37(3,35)36)16-25(33)31(15-20-22(28)12-7-13-23(20)29)18(2)26(34)30-19-9-5-4-6-10-19/h7-8,11-14,18-19H,4-6,9-10,15-16H2,1-3H3,(H,30,34)/t18-/m1/s1. The molecule has 1 fully saturated rings. The summed E-state index contributed by atoms with van der Waals surface area (Å²) in [4.78, 5) is 28.3. The summed E-state index contributed by atoms with van der Waals surface area (Å²) in [5, 5.41) is 4.11. The quantitative estimate of drug-likeness (QED) is 0.414. The molecule has 1 aliphatic rings. The fourth-order valence-corrected chi connectivity index (χ4v) is 6.05. The van der Waals surface area contributed by atoms with Crippen LogP contribution in [0.3, 0.4) is 0 Å². The number of hydrogen-bond donors (Lipinski definition) is 1. The molecular formula is C26H32Cl3N3O4S. The molecule has 1 atom stereocenters. The summed E-state index contributed by atoms with van der Waals surface area (Å²) >= 11 is 19.0. The Balaban J connectivity index is 1.95. The molecule has 0 radical (unpaired) electrons. The molecule has 2 aromatic carbocycles. The largest absolute Gasteiger partial charge is 0.352 e. The second-order valence-corrected chi connectivity index (χ2v) is 12.5. The molecule has 0 spiro atoms. The number of carbonyl (C=O) groups excluding carboxylic acids is 2. The summed E-state index contributed by atoms with van der Waals surface area (Å²) in [6.07, 6.45) is 6.02. The monoisotopic (exact) mass is 587 g/mol. The molecule has 0 aliphatic heterocycles. The summed E-state index contributed by atoms with van der Waals surface area (Å²) < 4.78 is 26.6. The molecule has 2 aromatic rings. The van der Waals surface area contributed by atoms with Gasteiger partial charge in [0, 0.05) is 33.2 Å². The van der Waals surface area contributed by atoms with Gasteiger partial charge >= 0.3 is 0 Å². The van der Waals surface area contributed by atoms with Crippen LogP contribution in [0.4, 0.5) is 5.69 Å². The van der Waals surface area contributed by atoms with Crippen LogP contribution in [0.1, 0.15) is 50.2 Å². The smallest absolute Gasteiger partial charge is 0.244 e. The van der Waals surface area contributed by atoms with Gasteiger partial charge in [-0.1, -0.05) is 66.2 Å². The van der Waals surface area contributed by atoms with Crippen LogP contribution in [0.15, 0.2) is 36.4 Å². The number of benzene rings is 2. The lowest BCUT2D eigenvalue weighted by Crippen LogP contribution is -2.53. The van der Waals surface area contributed by atoms with E-state index in [1.807, 2.05) is 0 Å². The van der Waals surface area contributed by atoms with Gasteiger partial charge in [-0.2, -0.15) is 0 Å². The molecule has 0 saturated heterocycles. The van der Waals surface area contributed by atoms with Crippen LogP contribution >= 0.6 is 34.8 Å². The molecule has 0 unspecified atom stereocenters. The number of nitrogens with one attached hydrogen (secondary N) is 1. The van der Waals surface area contributed by atoms with Gasteiger partial charge in [0.05, 0.1) is 11.9 Å². The highest BCUT2D eigenvalue weighted by Crippen LogP contribution is 2.30. The van der Waals surface area contributed by atoms with Gasteiger partial charge < -0.3 is 10.2 Å². The van der Waals surface area contributed by atoms with E-state index in [1.165, 1.54) is 4.90 Å². The zero-order valence-corrected chi connectivity index (χ0v) is 24.2. The van der Waals surface area contributed by atoms with Crippen molar-refractivity contribution in [1.29, 1.82) is 0 Å². The molecule has 0 bridgehead atoms. The first-order valence-electron chi connectivity index (χ1n) is 12.2. The maximum Gasteiger partial charge on any atom is 0.244 e. The number of anilines is 1. The zero-order valence-electron chi connectivity index (χ0n) is 21.1. The average Bonchev–Trinajstić information content (AvgIpc) is 2.84.